The van der Waals surface area contributed by atoms with E-state index < -0.39 is 0 Å². The lowest BCUT2D eigenvalue weighted by molar-refractivity contribution is 0.0868. The van der Waals surface area contributed by atoms with Crippen molar-refractivity contribution in [1.29, 1.82) is 0 Å². The Kier molecular flexibility index (Phi) is 3.82. The molecular formula is C11H20N4O. The van der Waals surface area contributed by atoms with Crippen LogP contribution in [-0.4, -0.2) is 60.4 Å². The fourth-order valence-corrected chi connectivity index (χ4v) is 2.20. The highest BCUT2D eigenvalue weighted by molar-refractivity contribution is 5.19. The fraction of sp³-hybridized carbons (Fsp3) is 0.636. The van der Waals surface area contributed by atoms with Crippen molar-refractivity contribution >= 4 is 0 Å². The van der Waals surface area contributed by atoms with Gasteiger partial charge in [0.15, 0.2) is 0 Å². The lowest BCUT2D eigenvalue weighted by Gasteiger charge is -2.39. The van der Waals surface area contributed by atoms with Crippen molar-refractivity contribution in [3.05, 3.63) is 24.0 Å². The van der Waals surface area contributed by atoms with Crippen molar-refractivity contribution in [3.8, 4) is 0 Å². The molecule has 1 unspecified atom stereocenters. The lowest BCUT2D eigenvalue weighted by atomic mass is 10.2. The van der Waals surface area contributed by atoms with Crippen LogP contribution < -0.4 is 11.1 Å². The third kappa shape index (κ3) is 2.55. The number of piperazine rings is 1. The smallest absolute Gasteiger partial charge is 0.120 e. The summed E-state index contributed by atoms with van der Waals surface area (Å²) >= 11 is 0. The molecule has 4 N–H and O–H groups in total. The summed E-state index contributed by atoms with van der Waals surface area (Å²) in [6.07, 6.45) is 5.94. The molecule has 16 heavy (non-hydrogen) atoms. The van der Waals surface area contributed by atoms with Crippen LogP contribution in [0.2, 0.25) is 0 Å². The van der Waals surface area contributed by atoms with E-state index >= 15 is 0 Å². The largest absolute Gasteiger partial charge is 0.399 e. The van der Waals surface area contributed by atoms with Crippen molar-refractivity contribution in [3.63, 3.8) is 0 Å². The molecule has 90 valence electrons. The zero-order valence-corrected chi connectivity index (χ0v) is 9.47. The molecule has 0 aliphatic carbocycles. The van der Waals surface area contributed by atoms with E-state index in [1.807, 2.05) is 18.4 Å². The molecule has 0 spiro atoms. The Morgan fingerprint density at radius 1 is 1.38 bits per heavy atom. The minimum absolute atomic E-state index is 0.140. The van der Waals surface area contributed by atoms with Crippen LogP contribution >= 0.6 is 0 Å². The van der Waals surface area contributed by atoms with Gasteiger partial charge in [-0.3, -0.25) is 9.80 Å². The Morgan fingerprint density at radius 2 is 2.12 bits per heavy atom. The van der Waals surface area contributed by atoms with Crippen LogP contribution in [0, 0.1) is 0 Å². The quantitative estimate of drug-likeness (QED) is 0.567. The molecule has 0 amide bonds. The van der Waals surface area contributed by atoms with Crippen molar-refractivity contribution < 1.29 is 5.11 Å². The predicted molar refractivity (Wildman–Crippen MR) is 63.4 cm³/mol. The summed E-state index contributed by atoms with van der Waals surface area (Å²) < 4.78 is 0. The highest BCUT2D eigenvalue weighted by atomic mass is 16.3. The van der Waals surface area contributed by atoms with Gasteiger partial charge in [0, 0.05) is 38.4 Å². The van der Waals surface area contributed by atoms with Crippen LogP contribution in [-0.2, 0) is 0 Å². The molecule has 5 nitrogen and oxygen atoms in total. The molecule has 0 aromatic rings. The third-order valence-electron chi connectivity index (χ3n) is 3.14. The Balaban J connectivity index is 1.85. The van der Waals surface area contributed by atoms with Crippen LogP contribution in [0.4, 0.5) is 0 Å². The van der Waals surface area contributed by atoms with E-state index in [4.69, 9.17) is 10.8 Å². The number of rotatable bonds is 3. The van der Waals surface area contributed by atoms with Crippen LogP contribution in [0.3, 0.4) is 0 Å². The maximum absolute atomic E-state index is 8.87. The molecule has 0 bridgehead atoms. The Bertz CT molecular complexity index is 282. The van der Waals surface area contributed by atoms with Gasteiger partial charge in [-0.1, -0.05) is 0 Å². The third-order valence-corrected chi connectivity index (χ3v) is 3.14. The standard InChI is InChI=1S/C11H20N4O/c12-10-2-1-3-13-11(10)15-6-4-14(5-7-15)8-9-16/h1-3,11,13,16H,4-9,12H2. The monoisotopic (exact) mass is 224 g/mol. The summed E-state index contributed by atoms with van der Waals surface area (Å²) in [4.78, 5) is 4.61. The Hall–Kier alpha value is -1.04. The van der Waals surface area contributed by atoms with Crippen molar-refractivity contribution in [1.82, 2.24) is 15.1 Å². The number of aliphatic hydroxyl groups is 1. The Morgan fingerprint density at radius 3 is 2.75 bits per heavy atom. The van der Waals surface area contributed by atoms with Crippen LogP contribution in [0.25, 0.3) is 0 Å². The normalized spacial score (nSPS) is 27.6. The Labute approximate surface area is 96.2 Å². The maximum atomic E-state index is 8.87. The SMILES string of the molecule is NC1=CC=CNC1N1CCN(CCO)CC1. The molecule has 2 rings (SSSR count). The fourth-order valence-electron chi connectivity index (χ4n) is 2.20. The predicted octanol–water partition coefficient (Wildman–Crippen LogP) is -1.12. The van der Waals surface area contributed by atoms with Gasteiger partial charge in [0.1, 0.15) is 6.17 Å². The number of allylic oxidation sites excluding steroid dienone is 2. The van der Waals surface area contributed by atoms with Gasteiger partial charge in [0.2, 0.25) is 0 Å². The van der Waals surface area contributed by atoms with E-state index in [1.165, 1.54) is 0 Å². The molecule has 1 fully saturated rings. The zero-order chi connectivity index (χ0) is 11.4. The minimum Gasteiger partial charge on any atom is -0.399 e. The van der Waals surface area contributed by atoms with Gasteiger partial charge in [-0.05, 0) is 18.4 Å². The van der Waals surface area contributed by atoms with Gasteiger partial charge in [-0.2, -0.15) is 0 Å². The number of nitrogens with zero attached hydrogens (tertiary/aromatic N) is 2. The maximum Gasteiger partial charge on any atom is 0.120 e. The molecule has 0 aromatic heterocycles. The molecule has 2 aliphatic rings. The molecule has 0 saturated carbocycles. The second kappa shape index (κ2) is 5.34. The summed E-state index contributed by atoms with van der Waals surface area (Å²) in [5, 5.41) is 12.1. The number of aliphatic hydroxyl groups excluding tert-OH is 1. The summed E-state index contributed by atoms with van der Waals surface area (Å²) in [7, 11) is 0. The van der Waals surface area contributed by atoms with Gasteiger partial charge >= 0.3 is 0 Å². The number of dihydropyridines is 1. The van der Waals surface area contributed by atoms with E-state index in [-0.39, 0.29) is 12.8 Å². The van der Waals surface area contributed by atoms with Gasteiger partial charge in [0.25, 0.3) is 0 Å². The summed E-state index contributed by atoms with van der Waals surface area (Å²) in [6, 6.07) is 0. The summed E-state index contributed by atoms with van der Waals surface area (Å²) in [6.45, 7) is 4.98. The van der Waals surface area contributed by atoms with E-state index in [0.29, 0.717) is 0 Å². The zero-order valence-electron chi connectivity index (χ0n) is 9.47. The molecular weight excluding hydrogens is 204 g/mol. The molecule has 2 heterocycles. The van der Waals surface area contributed by atoms with Crippen molar-refractivity contribution in [2.24, 2.45) is 5.73 Å². The first-order chi connectivity index (χ1) is 7.81. The molecule has 1 saturated heterocycles. The van der Waals surface area contributed by atoms with Crippen molar-refractivity contribution in [2.75, 3.05) is 39.3 Å². The van der Waals surface area contributed by atoms with E-state index in [1.54, 1.807) is 0 Å². The second-order valence-electron chi connectivity index (χ2n) is 4.20. The molecule has 0 aromatic carbocycles. The van der Waals surface area contributed by atoms with Crippen LogP contribution in [0.5, 0.6) is 0 Å². The number of nitrogens with one attached hydrogen (secondary N) is 1. The van der Waals surface area contributed by atoms with Gasteiger partial charge in [0.05, 0.1) is 6.61 Å². The first kappa shape index (κ1) is 11.4. The summed E-state index contributed by atoms with van der Waals surface area (Å²) in [5.41, 5.74) is 6.83. The van der Waals surface area contributed by atoms with E-state index in [2.05, 4.69) is 15.1 Å². The van der Waals surface area contributed by atoms with Crippen LogP contribution in [0.15, 0.2) is 24.0 Å². The summed E-state index contributed by atoms with van der Waals surface area (Å²) in [5.74, 6) is 0. The number of hydrogen-bond acceptors (Lipinski definition) is 5. The highest BCUT2D eigenvalue weighted by Crippen LogP contribution is 2.10. The van der Waals surface area contributed by atoms with E-state index in [9.17, 15) is 0 Å². The average Bonchev–Trinajstić information content (AvgIpc) is 2.31. The number of β-amino-alcohol motifs (C(OH)–C–C–N with tert-alkyl or cyclic N) is 1. The average molecular weight is 224 g/mol. The molecule has 5 heteroatoms. The van der Waals surface area contributed by atoms with E-state index in [0.717, 1.165) is 38.4 Å². The number of hydrogen-bond donors (Lipinski definition) is 3. The number of nitrogens with two attached hydrogens (primary N) is 1. The van der Waals surface area contributed by atoms with Crippen LogP contribution in [0.1, 0.15) is 0 Å². The van der Waals surface area contributed by atoms with Gasteiger partial charge in [-0.25, -0.2) is 0 Å². The van der Waals surface area contributed by atoms with Crippen molar-refractivity contribution in [2.45, 2.75) is 6.17 Å². The topological polar surface area (TPSA) is 64.8 Å². The second-order valence-corrected chi connectivity index (χ2v) is 4.20. The molecule has 0 radical (unpaired) electrons. The lowest BCUT2D eigenvalue weighted by Crippen LogP contribution is -2.56. The molecule has 1 atom stereocenters. The highest BCUT2D eigenvalue weighted by Gasteiger charge is 2.24. The van der Waals surface area contributed by atoms with Gasteiger partial charge in [-0.15, -0.1) is 0 Å². The first-order valence-corrected chi connectivity index (χ1v) is 5.77. The van der Waals surface area contributed by atoms with Gasteiger partial charge < -0.3 is 16.2 Å². The molecule has 2 aliphatic heterocycles. The first-order valence-electron chi connectivity index (χ1n) is 5.77. The minimum atomic E-state index is 0.140.